The van der Waals surface area contributed by atoms with Crippen LogP contribution in [0.5, 0.6) is 0 Å². The molecule has 0 unspecified atom stereocenters. The summed E-state index contributed by atoms with van der Waals surface area (Å²) >= 11 is 0. The average molecular weight is 207 g/mol. The first-order valence-electron chi connectivity index (χ1n) is 3.71. The molecule has 0 aliphatic rings. The first-order valence-corrected chi connectivity index (χ1v) is 3.71. The number of aryl methyl sites for hydroxylation is 1. The van der Waals surface area contributed by atoms with Crippen LogP contribution in [0.25, 0.3) is 0 Å². The van der Waals surface area contributed by atoms with Gasteiger partial charge in [0.2, 0.25) is 5.56 Å². The van der Waals surface area contributed by atoms with Crippen LogP contribution in [0.2, 0.25) is 0 Å². The Morgan fingerprint density at radius 1 is 1.21 bits per heavy atom. The zero-order valence-electron chi connectivity index (χ0n) is 7.50. The Bertz CT molecular complexity index is 473. The molecule has 0 amide bonds. The monoisotopic (exact) mass is 207 g/mol. The number of nitrogens with zero attached hydrogens (tertiary/aromatic N) is 2. The highest BCUT2D eigenvalue weighted by Crippen LogP contribution is 2.04. The van der Waals surface area contributed by atoms with Crippen molar-refractivity contribution in [3.05, 3.63) is 27.0 Å². The first kappa shape index (κ1) is 10.6. The van der Waals surface area contributed by atoms with Crippen molar-refractivity contribution in [3.63, 3.8) is 0 Å². The van der Waals surface area contributed by atoms with Crippen molar-refractivity contribution in [2.45, 2.75) is 0 Å². The topological polar surface area (TPSA) is 44.0 Å². The summed E-state index contributed by atoms with van der Waals surface area (Å²) in [5, 5.41) is 0. The third kappa shape index (κ3) is 1.59. The molecule has 8 heteroatoms. The molecule has 0 fully saturated rings. The minimum atomic E-state index is -5.38. The van der Waals surface area contributed by atoms with E-state index in [0.29, 0.717) is 10.8 Å². The molecule has 4 nitrogen and oxygen atoms in total. The molecule has 0 bridgehead atoms. The van der Waals surface area contributed by atoms with Crippen molar-refractivity contribution in [1.82, 2.24) is 9.13 Å². The van der Waals surface area contributed by atoms with E-state index in [1.807, 2.05) is 0 Å². The van der Waals surface area contributed by atoms with Gasteiger partial charge in [0.05, 0.1) is 0 Å². The van der Waals surface area contributed by atoms with Crippen molar-refractivity contribution in [3.8, 4) is 0 Å². The van der Waals surface area contributed by atoms with Gasteiger partial charge in [-0.1, -0.05) is 0 Å². The minimum Gasteiger partial charge on any atom is -0.445 e. The van der Waals surface area contributed by atoms with Crippen LogP contribution in [0, 0.1) is 0 Å². The van der Waals surface area contributed by atoms with E-state index >= 15 is 0 Å². The molecule has 14 heavy (non-hydrogen) atoms. The molecule has 0 N–H and O–H groups in total. The lowest BCUT2D eigenvalue weighted by Gasteiger charge is -2.15. The summed E-state index contributed by atoms with van der Waals surface area (Å²) in [6, 6.07) is 0. The van der Waals surface area contributed by atoms with Crippen LogP contribution in [-0.2, 0) is 14.1 Å². The summed E-state index contributed by atoms with van der Waals surface area (Å²) in [5.41, 5.74) is -3.37. The van der Waals surface area contributed by atoms with Crippen LogP contribution in [0.4, 0.5) is 12.9 Å². The number of rotatable bonds is 1. The zero-order valence-corrected chi connectivity index (χ0v) is 7.50. The van der Waals surface area contributed by atoms with Crippen LogP contribution >= 0.6 is 0 Å². The van der Waals surface area contributed by atoms with Gasteiger partial charge in [-0.3, -0.25) is 9.36 Å². The second kappa shape index (κ2) is 3.04. The summed E-state index contributed by atoms with van der Waals surface area (Å²) in [6.07, 6.45) is 0.519. The lowest BCUT2D eigenvalue weighted by atomic mass is 9.82. The Morgan fingerprint density at radius 2 is 1.71 bits per heavy atom. The minimum absolute atomic E-state index is 0.435. The molecule has 0 radical (unpaired) electrons. The maximum absolute atomic E-state index is 12.3. The number of hydrogen-bond donors (Lipinski definition) is 0. The fourth-order valence-corrected chi connectivity index (χ4v) is 1.06. The molecule has 0 saturated heterocycles. The smallest absolute Gasteiger partial charge is 0.445 e. The van der Waals surface area contributed by atoms with E-state index in [1.54, 1.807) is 0 Å². The number of halogens is 3. The van der Waals surface area contributed by atoms with E-state index in [-0.39, 0.29) is 0 Å². The molecule has 0 aliphatic heterocycles. The lowest BCUT2D eigenvalue weighted by Crippen LogP contribution is -2.53. The Labute approximate surface area is 76.6 Å². The quantitative estimate of drug-likeness (QED) is 0.562. The molecule has 1 aromatic rings. The Balaban J connectivity index is 3.67. The summed E-state index contributed by atoms with van der Waals surface area (Å²) in [5.74, 6) is 0. The van der Waals surface area contributed by atoms with Gasteiger partial charge in [0.25, 0.3) is 0 Å². The Morgan fingerprint density at radius 3 is 2.14 bits per heavy atom. The normalized spacial score (nSPS) is 11.8. The maximum atomic E-state index is 12.3. The SMILES string of the molecule is Cn1cc([B-](F)(F)F)c(=O)n(C)c1=O. The van der Waals surface area contributed by atoms with Crippen LogP contribution in [0.3, 0.4) is 0 Å². The third-order valence-corrected chi connectivity index (χ3v) is 1.83. The molecule has 0 aliphatic carbocycles. The molecule has 1 rings (SSSR count). The third-order valence-electron chi connectivity index (χ3n) is 1.83. The van der Waals surface area contributed by atoms with Gasteiger partial charge < -0.3 is 17.5 Å². The van der Waals surface area contributed by atoms with Gasteiger partial charge in [0.15, 0.2) is 0 Å². The molecule has 0 aromatic carbocycles. The highest BCUT2D eigenvalue weighted by Gasteiger charge is 2.30. The fraction of sp³-hybridized carbons (Fsp3) is 0.333. The predicted octanol–water partition coefficient (Wildman–Crippen LogP) is -0.862. The Hall–Kier alpha value is -1.47. The van der Waals surface area contributed by atoms with E-state index in [1.165, 1.54) is 0 Å². The van der Waals surface area contributed by atoms with E-state index < -0.39 is 23.7 Å². The molecule has 1 heterocycles. The molecular formula is C6H7BF3N2O2-. The van der Waals surface area contributed by atoms with Gasteiger partial charge in [-0.25, -0.2) is 4.79 Å². The van der Waals surface area contributed by atoms with Gasteiger partial charge in [0, 0.05) is 14.1 Å². The van der Waals surface area contributed by atoms with E-state index in [2.05, 4.69) is 0 Å². The van der Waals surface area contributed by atoms with Gasteiger partial charge in [-0.15, -0.1) is 0 Å². The highest BCUT2D eigenvalue weighted by atomic mass is 19.4. The molecule has 1 aromatic heterocycles. The van der Waals surface area contributed by atoms with Crippen LogP contribution in [0.15, 0.2) is 15.8 Å². The second-order valence-electron chi connectivity index (χ2n) is 2.92. The largest absolute Gasteiger partial charge is 0.516 e. The van der Waals surface area contributed by atoms with Gasteiger partial charge >= 0.3 is 12.7 Å². The van der Waals surface area contributed by atoms with Crippen molar-refractivity contribution in [1.29, 1.82) is 0 Å². The predicted molar refractivity (Wildman–Crippen MR) is 45.6 cm³/mol. The van der Waals surface area contributed by atoms with Gasteiger partial charge in [-0.05, 0) is 11.7 Å². The van der Waals surface area contributed by atoms with Crippen LogP contribution in [0.1, 0.15) is 0 Å². The summed E-state index contributed by atoms with van der Waals surface area (Å²) in [4.78, 5) is 22.1. The lowest BCUT2D eigenvalue weighted by molar-refractivity contribution is 0.497. The van der Waals surface area contributed by atoms with Gasteiger partial charge in [0.1, 0.15) is 0 Å². The number of hydrogen-bond acceptors (Lipinski definition) is 2. The van der Waals surface area contributed by atoms with Crippen LogP contribution < -0.4 is 16.7 Å². The summed E-state index contributed by atoms with van der Waals surface area (Å²) in [6.45, 7) is -5.38. The fourth-order valence-electron chi connectivity index (χ4n) is 1.06. The van der Waals surface area contributed by atoms with Crippen molar-refractivity contribution in [2.75, 3.05) is 0 Å². The van der Waals surface area contributed by atoms with Crippen LogP contribution in [-0.4, -0.2) is 16.1 Å². The zero-order chi connectivity index (χ0) is 11.1. The van der Waals surface area contributed by atoms with Crippen molar-refractivity contribution in [2.24, 2.45) is 14.1 Å². The molecular weight excluding hydrogens is 200 g/mol. The highest BCUT2D eigenvalue weighted by molar-refractivity contribution is 6.73. The van der Waals surface area contributed by atoms with Gasteiger partial charge in [-0.2, -0.15) is 0 Å². The summed E-state index contributed by atoms with van der Waals surface area (Å²) < 4.78 is 38.0. The molecule has 0 saturated carbocycles. The van der Waals surface area contributed by atoms with Crippen molar-refractivity contribution >= 4 is 12.4 Å². The molecule has 0 spiro atoms. The van der Waals surface area contributed by atoms with Crippen molar-refractivity contribution < 1.29 is 12.9 Å². The Kier molecular flexibility index (Phi) is 2.30. The second-order valence-corrected chi connectivity index (χ2v) is 2.92. The molecule has 0 atom stereocenters. The molecule has 78 valence electrons. The first-order chi connectivity index (χ1) is 6.25. The maximum Gasteiger partial charge on any atom is 0.516 e. The van der Waals surface area contributed by atoms with E-state index in [0.717, 1.165) is 18.7 Å². The average Bonchev–Trinajstić information content (AvgIpc) is 2.06. The number of aromatic nitrogens is 2. The standard InChI is InChI=1S/C6H7BF3N2O2/c1-11-3-4(7(8,9)10)5(13)12(2)6(11)14/h3H,1-2H3/q-1. The summed E-state index contributed by atoms with van der Waals surface area (Å²) in [7, 11) is 2.17. The van der Waals surface area contributed by atoms with E-state index in [9.17, 15) is 22.5 Å². The van der Waals surface area contributed by atoms with E-state index in [4.69, 9.17) is 0 Å².